The van der Waals surface area contributed by atoms with Crippen molar-refractivity contribution in [1.29, 1.82) is 0 Å². The Morgan fingerprint density at radius 2 is 2.00 bits per heavy atom. The van der Waals surface area contributed by atoms with Gasteiger partial charge in [-0.3, -0.25) is 0 Å². The van der Waals surface area contributed by atoms with E-state index in [0.717, 1.165) is 5.92 Å². The maximum atomic E-state index is 3.63. The second-order valence-corrected chi connectivity index (χ2v) is 5.73. The van der Waals surface area contributed by atoms with Crippen LogP contribution in [-0.2, 0) is 0 Å². The Bertz CT molecular complexity index is 199. The molecular weight excluding hydrogens is 184 g/mol. The second-order valence-electron chi connectivity index (χ2n) is 5.73. The zero-order valence-electron chi connectivity index (χ0n) is 10.4. The lowest BCUT2D eigenvalue weighted by molar-refractivity contribution is 0.126. The van der Waals surface area contributed by atoms with Crippen molar-refractivity contribution in [2.24, 2.45) is 5.92 Å². The van der Waals surface area contributed by atoms with E-state index in [1.54, 1.807) is 0 Å². The van der Waals surface area contributed by atoms with Crippen molar-refractivity contribution in [2.45, 2.75) is 50.5 Å². The van der Waals surface area contributed by atoms with Crippen LogP contribution in [0.15, 0.2) is 0 Å². The van der Waals surface area contributed by atoms with E-state index in [9.17, 15) is 0 Å². The Kier molecular flexibility index (Phi) is 3.68. The number of piperidine rings is 1. The van der Waals surface area contributed by atoms with Gasteiger partial charge in [0.2, 0.25) is 0 Å². The number of nitrogens with zero attached hydrogens (tertiary/aromatic N) is 1. The largest absolute Gasteiger partial charge is 0.313 e. The van der Waals surface area contributed by atoms with Crippen molar-refractivity contribution >= 4 is 0 Å². The lowest BCUT2D eigenvalue weighted by Gasteiger charge is -2.43. The summed E-state index contributed by atoms with van der Waals surface area (Å²) in [6.45, 7) is 2.54. The van der Waals surface area contributed by atoms with Crippen molar-refractivity contribution in [2.75, 3.05) is 27.2 Å². The lowest BCUT2D eigenvalue weighted by Crippen LogP contribution is -2.55. The normalized spacial score (nSPS) is 34.8. The molecule has 0 spiro atoms. The van der Waals surface area contributed by atoms with Gasteiger partial charge >= 0.3 is 0 Å². The quantitative estimate of drug-likeness (QED) is 0.768. The van der Waals surface area contributed by atoms with Crippen LogP contribution in [0.4, 0.5) is 0 Å². The summed E-state index contributed by atoms with van der Waals surface area (Å²) in [5, 5.41) is 3.63. The summed E-state index contributed by atoms with van der Waals surface area (Å²) in [4.78, 5) is 2.49. The minimum atomic E-state index is 0.433. The van der Waals surface area contributed by atoms with Gasteiger partial charge in [0.05, 0.1) is 0 Å². The van der Waals surface area contributed by atoms with Crippen LogP contribution in [0.5, 0.6) is 0 Å². The first-order valence-electron chi connectivity index (χ1n) is 6.62. The molecule has 1 N–H and O–H groups in total. The average Bonchev–Trinajstić information content (AvgIpc) is 2.70. The van der Waals surface area contributed by atoms with Crippen molar-refractivity contribution in [1.82, 2.24) is 10.2 Å². The summed E-state index contributed by atoms with van der Waals surface area (Å²) in [5.74, 6) is 1.00. The SMILES string of the molecule is CNC1(CC2CCCC2)CCCN(C)C1. The molecule has 1 atom stereocenters. The van der Waals surface area contributed by atoms with Gasteiger partial charge in [-0.2, -0.15) is 0 Å². The van der Waals surface area contributed by atoms with E-state index in [-0.39, 0.29) is 0 Å². The van der Waals surface area contributed by atoms with Crippen molar-refractivity contribution in [3.05, 3.63) is 0 Å². The molecular formula is C13H26N2. The molecule has 1 aliphatic carbocycles. The fraction of sp³-hybridized carbons (Fsp3) is 1.00. The van der Waals surface area contributed by atoms with Crippen LogP contribution < -0.4 is 5.32 Å². The second kappa shape index (κ2) is 4.84. The summed E-state index contributed by atoms with van der Waals surface area (Å²) in [6.07, 6.45) is 10.1. The fourth-order valence-corrected chi connectivity index (χ4v) is 3.60. The van der Waals surface area contributed by atoms with E-state index in [2.05, 4.69) is 24.3 Å². The maximum absolute atomic E-state index is 3.63. The highest BCUT2D eigenvalue weighted by molar-refractivity contribution is 4.95. The molecule has 15 heavy (non-hydrogen) atoms. The highest BCUT2D eigenvalue weighted by atomic mass is 15.2. The molecule has 2 rings (SSSR count). The van der Waals surface area contributed by atoms with Crippen molar-refractivity contribution in [3.63, 3.8) is 0 Å². The van der Waals surface area contributed by atoms with Gasteiger partial charge in [-0.1, -0.05) is 25.7 Å². The van der Waals surface area contributed by atoms with E-state index >= 15 is 0 Å². The monoisotopic (exact) mass is 210 g/mol. The molecule has 1 saturated carbocycles. The standard InChI is InChI=1S/C13H26N2/c1-14-13(8-5-9-15(2)11-13)10-12-6-3-4-7-12/h12,14H,3-11H2,1-2H3. The molecule has 88 valence electrons. The van der Waals surface area contributed by atoms with Crippen LogP contribution in [0.3, 0.4) is 0 Å². The van der Waals surface area contributed by atoms with Gasteiger partial charge in [-0.25, -0.2) is 0 Å². The number of hydrogen-bond donors (Lipinski definition) is 1. The summed E-state index contributed by atoms with van der Waals surface area (Å²) < 4.78 is 0. The number of likely N-dealkylation sites (N-methyl/N-ethyl adjacent to an activating group) is 2. The van der Waals surface area contributed by atoms with Crippen LogP contribution >= 0.6 is 0 Å². The minimum Gasteiger partial charge on any atom is -0.313 e. The topological polar surface area (TPSA) is 15.3 Å². The van der Waals surface area contributed by atoms with Crippen LogP contribution in [0.2, 0.25) is 0 Å². The number of hydrogen-bond acceptors (Lipinski definition) is 2. The molecule has 0 bridgehead atoms. The summed E-state index contributed by atoms with van der Waals surface area (Å²) in [6, 6.07) is 0. The Labute approximate surface area is 94.4 Å². The predicted molar refractivity (Wildman–Crippen MR) is 65.1 cm³/mol. The average molecular weight is 210 g/mol. The van der Waals surface area contributed by atoms with Crippen LogP contribution in [0.25, 0.3) is 0 Å². The maximum Gasteiger partial charge on any atom is 0.0309 e. The van der Waals surface area contributed by atoms with Crippen molar-refractivity contribution in [3.8, 4) is 0 Å². The van der Waals surface area contributed by atoms with E-state index in [1.807, 2.05) is 0 Å². The van der Waals surface area contributed by atoms with E-state index < -0.39 is 0 Å². The van der Waals surface area contributed by atoms with Crippen LogP contribution in [0, 0.1) is 5.92 Å². The number of nitrogens with one attached hydrogen (secondary N) is 1. The number of likely N-dealkylation sites (tertiary alicyclic amines) is 1. The van der Waals surface area contributed by atoms with Crippen LogP contribution in [0.1, 0.15) is 44.9 Å². The zero-order chi connectivity index (χ0) is 10.7. The van der Waals surface area contributed by atoms with Gasteiger partial charge in [0, 0.05) is 12.1 Å². The zero-order valence-corrected chi connectivity index (χ0v) is 10.4. The highest BCUT2D eigenvalue weighted by Crippen LogP contribution is 2.35. The van der Waals surface area contributed by atoms with E-state index in [1.165, 1.54) is 58.0 Å². The molecule has 2 heteroatoms. The molecule has 1 unspecified atom stereocenters. The first kappa shape index (κ1) is 11.4. The third kappa shape index (κ3) is 2.73. The molecule has 0 amide bonds. The summed E-state index contributed by atoms with van der Waals surface area (Å²) >= 11 is 0. The molecule has 0 radical (unpaired) electrons. The number of rotatable bonds is 3. The molecule has 0 aromatic carbocycles. The van der Waals surface area contributed by atoms with Crippen LogP contribution in [-0.4, -0.2) is 37.6 Å². The molecule has 0 aromatic heterocycles. The Balaban J connectivity index is 1.93. The molecule has 1 saturated heterocycles. The fourth-order valence-electron chi connectivity index (χ4n) is 3.60. The molecule has 2 fully saturated rings. The Hall–Kier alpha value is -0.0800. The third-order valence-electron chi connectivity index (χ3n) is 4.45. The summed E-state index contributed by atoms with van der Waals surface area (Å²) in [7, 11) is 4.42. The van der Waals surface area contributed by atoms with Gasteiger partial charge in [-0.15, -0.1) is 0 Å². The van der Waals surface area contributed by atoms with E-state index in [4.69, 9.17) is 0 Å². The molecule has 1 heterocycles. The summed E-state index contributed by atoms with van der Waals surface area (Å²) in [5.41, 5.74) is 0.433. The lowest BCUT2D eigenvalue weighted by atomic mass is 9.80. The van der Waals surface area contributed by atoms with Crippen molar-refractivity contribution < 1.29 is 0 Å². The first-order chi connectivity index (χ1) is 7.24. The molecule has 1 aliphatic heterocycles. The Morgan fingerprint density at radius 3 is 2.60 bits per heavy atom. The minimum absolute atomic E-state index is 0.433. The highest BCUT2D eigenvalue weighted by Gasteiger charge is 2.35. The van der Waals surface area contributed by atoms with Gasteiger partial charge in [-0.05, 0) is 45.8 Å². The smallest absolute Gasteiger partial charge is 0.0309 e. The third-order valence-corrected chi connectivity index (χ3v) is 4.45. The molecule has 2 nitrogen and oxygen atoms in total. The Morgan fingerprint density at radius 1 is 1.27 bits per heavy atom. The molecule has 0 aromatic rings. The predicted octanol–water partition coefficient (Wildman–Crippen LogP) is 2.25. The van der Waals surface area contributed by atoms with E-state index in [0.29, 0.717) is 5.54 Å². The van der Waals surface area contributed by atoms with Gasteiger partial charge in [0.1, 0.15) is 0 Å². The first-order valence-corrected chi connectivity index (χ1v) is 6.62. The van der Waals surface area contributed by atoms with Gasteiger partial charge in [0.15, 0.2) is 0 Å². The van der Waals surface area contributed by atoms with Gasteiger partial charge < -0.3 is 10.2 Å². The molecule has 2 aliphatic rings. The van der Waals surface area contributed by atoms with Gasteiger partial charge in [0.25, 0.3) is 0 Å².